The van der Waals surface area contributed by atoms with Crippen LogP contribution in [0.5, 0.6) is 0 Å². The molecule has 2 nitrogen and oxygen atoms in total. The highest BCUT2D eigenvalue weighted by molar-refractivity contribution is 7.09. The van der Waals surface area contributed by atoms with Gasteiger partial charge in [-0.05, 0) is 38.5 Å². The first-order valence-electron chi connectivity index (χ1n) is 6.14. The van der Waals surface area contributed by atoms with E-state index in [1.165, 1.54) is 25.0 Å². The molecule has 1 aliphatic carbocycles. The van der Waals surface area contributed by atoms with Crippen LogP contribution in [-0.2, 0) is 0 Å². The number of nitrogens with zero attached hydrogens (tertiary/aromatic N) is 1. The lowest BCUT2D eigenvalue weighted by Crippen LogP contribution is -2.30. The van der Waals surface area contributed by atoms with E-state index in [1.54, 1.807) is 11.3 Å². The van der Waals surface area contributed by atoms with E-state index in [1.807, 2.05) is 0 Å². The topological polar surface area (TPSA) is 24.9 Å². The summed E-state index contributed by atoms with van der Waals surface area (Å²) < 4.78 is 0. The SMILES string of the molecule is Cc1nc(C(C)NC2CCC(C)(C)C2)cs1. The molecule has 0 aromatic carbocycles. The van der Waals surface area contributed by atoms with Crippen LogP contribution in [0.3, 0.4) is 0 Å². The second kappa shape index (κ2) is 4.46. The third-order valence-corrected chi connectivity index (χ3v) is 4.33. The van der Waals surface area contributed by atoms with Crippen molar-refractivity contribution in [1.82, 2.24) is 10.3 Å². The average molecular weight is 238 g/mol. The van der Waals surface area contributed by atoms with Gasteiger partial charge in [0.1, 0.15) is 0 Å². The van der Waals surface area contributed by atoms with E-state index in [0.29, 0.717) is 17.5 Å². The maximum atomic E-state index is 4.55. The van der Waals surface area contributed by atoms with Gasteiger partial charge in [-0.3, -0.25) is 0 Å². The minimum absolute atomic E-state index is 0.392. The van der Waals surface area contributed by atoms with E-state index in [9.17, 15) is 0 Å². The highest BCUT2D eigenvalue weighted by atomic mass is 32.1. The molecule has 2 rings (SSSR count). The summed E-state index contributed by atoms with van der Waals surface area (Å²) in [5.74, 6) is 0. The van der Waals surface area contributed by atoms with Crippen molar-refractivity contribution in [2.75, 3.05) is 0 Å². The number of rotatable bonds is 3. The molecule has 1 aliphatic rings. The molecular weight excluding hydrogens is 216 g/mol. The standard InChI is InChI=1S/C13H22N2S/c1-9(12-8-16-10(2)15-12)14-11-5-6-13(3,4)7-11/h8-9,11,14H,5-7H2,1-4H3. The Morgan fingerprint density at radius 1 is 1.56 bits per heavy atom. The quantitative estimate of drug-likeness (QED) is 0.869. The van der Waals surface area contributed by atoms with Crippen LogP contribution in [0.25, 0.3) is 0 Å². The van der Waals surface area contributed by atoms with Crippen LogP contribution in [0.15, 0.2) is 5.38 Å². The van der Waals surface area contributed by atoms with Crippen molar-refractivity contribution in [3.8, 4) is 0 Å². The highest BCUT2D eigenvalue weighted by Crippen LogP contribution is 2.37. The van der Waals surface area contributed by atoms with Gasteiger partial charge in [0.05, 0.1) is 10.7 Å². The molecule has 0 spiro atoms. The smallest absolute Gasteiger partial charge is 0.0898 e. The summed E-state index contributed by atoms with van der Waals surface area (Å²) >= 11 is 1.74. The van der Waals surface area contributed by atoms with Crippen molar-refractivity contribution in [2.24, 2.45) is 5.41 Å². The Hall–Kier alpha value is -0.410. The van der Waals surface area contributed by atoms with E-state index < -0.39 is 0 Å². The van der Waals surface area contributed by atoms with Gasteiger partial charge in [-0.25, -0.2) is 4.98 Å². The number of aromatic nitrogens is 1. The number of nitrogens with one attached hydrogen (secondary N) is 1. The fraction of sp³-hybridized carbons (Fsp3) is 0.769. The Morgan fingerprint density at radius 2 is 2.31 bits per heavy atom. The van der Waals surface area contributed by atoms with E-state index in [-0.39, 0.29) is 0 Å². The minimum atomic E-state index is 0.392. The van der Waals surface area contributed by atoms with E-state index in [2.05, 4.69) is 43.4 Å². The maximum Gasteiger partial charge on any atom is 0.0898 e. The minimum Gasteiger partial charge on any atom is -0.306 e. The molecule has 1 fully saturated rings. The van der Waals surface area contributed by atoms with Crippen molar-refractivity contribution in [3.05, 3.63) is 16.1 Å². The van der Waals surface area contributed by atoms with Gasteiger partial charge >= 0.3 is 0 Å². The van der Waals surface area contributed by atoms with Gasteiger partial charge in [-0.15, -0.1) is 11.3 Å². The largest absolute Gasteiger partial charge is 0.306 e. The molecule has 1 aromatic rings. The van der Waals surface area contributed by atoms with Crippen molar-refractivity contribution in [3.63, 3.8) is 0 Å². The first-order chi connectivity index (χ1) is 7.46. The molecule has 90 valence electrons. The monoisotopic (exact) mass is 238 g/mol. The Balaban J connectivity index is 1.91. The Morgan fingerprint density at radius 3 is 2.81 bits per heavy atom. The van der Waals surface area contributed by atoms with Crippen molar-refractivity contribution < 1.29 is 0 Å². The van der Waals surface area contributed by atoms with Gasteiger partial charge in [-0.2, -0.15) is 0 Å². The Bertz CT molecular complexity index is 357. The molecule has 3 heteroatoms. The molecule has 0 aliphatic heterocycles. The fourth-order valence-electron chi connectivity index (χ4n) is 2.60. The van der Waals surface area contributed by atoms with Gasteiger partial charge in [-0.1, -0.05) is 13.8 Å². The first-order valence-corrected chi connectivity index (χ1v) is 7.02. The summed E-state index contributed by atoms with van der Waals surface area (Å²) in [6, 6.07) is 1.07. The van der Waals surface area contributed by atoms with Crippen LogP contribution < -0.4 is 5.32 Å². The zero-order valence-corrected chi connectivity index (χ0v) is 11.5. The van der Waals surface area contributed by atoms with Crippen LogP contribution in [0, 0.1) is 12.3 Å². The predicted octanol–water partition coefficient (Wildman–Crippen LogP) is 3.68. The molecule has 0 saturated heterocycles. The molecule has 0 amide bonds. The first kappa shape index (κ1) is 12.1. The lowest BCUT2D eigenvalue weighted by atomic mass is 9.92. The predicted molar refractivity (Wildman–Crippen MR) is 69.8 cm³/mol. The average Bonchev–Trinajstić information content (AvgIpc) is 2.73. The Kier molecular flexibility index (Phi) is 3.36. The molecular formula is C13H22N2S. The summed E-state index contributed by atoms with van der Waals surface area (Å²) in [4.78, 5) is 4.55. The maximum absolute atomic E-state index is 4.55. The van der Waals surface area contributed by atoms with Crippen LogP contribution in [0.2, 0.25) is 0 Å². The van der Waals surface area contributed by atoms with E-state index in [4.69, 9.17) is 0 Å². The third kappa shape index (κ3) is 2.83. The second-order valence-corrected chi connectivity index (χ2v) is 6.85. The van der Waals surface area contributed by atoms with Gasteiger partial charge in [0.2, 0.25) is 0 Å². The number of thiazole rings is 1. The van der Waals surface area contributed by atoms with E-state index >= 15 is 0 Å². The zero-order chi connectivity index (χ0) is 11.8. The third-order valence-electron chi connectivity index (χ3n) is 3.53. The second-order valence-electron chi connectivity index (χ2n) is 5.78. The van der Waals surface area contributed by atoms with Gasteiger partial charge < -0.3 is 5.32 Å². The van der Waals surface area contributed by atoms with Crippen molar-refractivity contribution in [1.29, 1.82) is 0 Å². The van der Waals surface area contributed by atoms with Gasteiger partial charge in [0, 0.05) is 17.5 Å². The normalized spacial score (nSPS) is 25.9. The molecule has 2 atom stereocenters. The summed E-state index contributed by atoms with van der Waals surface area (Å²) in [5, 5.41) is 7.04. The van der Waals surface area contributed by atoms with Crippen molar-refractivity contribution >= 4 is 11.3 Å². The molecule has 1 aromatic heterocycles. The summed E-state index contributed by atoms with van der Waals surface area (Å²) in [5.41, 5.74) is 1.72. The lowest BCUT2D eigenvalue weighted by Gasteiger charge is -2.20. The van der Waals surface area contributed by atoms with Crippen molar-refractivity contribution in [2.45, 2.75) is 59.0 Å². The van der Waals surface area contributed by atoms with Gasteiger partial charge in [0.25, 0.3) is 0 Å². The van der Waals surface area contributed by atoms with Crippen LogP contribution in [-0.4, -0.2) is 11.0 Å². The molecule has 16 heavy (non-hydrogen) atoms. The molecule has 0 bridgehead atoms. The molecule has 2 unspecified atom stereocenters. The number of aryl methyl sites for hydroxylation is 1. The molecule has 1 N–H and O–H groups in total. The molecule has 1 heterocycles. The summed E-state index contributed by atoms with van der Waals surface area (Å²) in [6.07, 6.45) is 3.94. The molecule has 0 radical (unpaired) electrons. The summed E-state index contributed by atoms with van der Waals surface area (Å²) in [6.45, 7) is 9.03. The number of hydrogen-bond donors (Lipinski definition) is 1. The Labute approximate surface area is 102 Å². The zero-order valence-electron chi connectivity index (χ0n) is 10.7. The lowest BCUT2D eigenvalue weighted by molar-refractivity contribution is 0.355. The molecule has 1 saturated carbocycles. The van der Waals surface area contributed by atoms with Crippen LogP contribution >= 0.6 is 11.3 Å². The number of hydrogen-bond acceptors (Lipinski definition) is 3. The van der Waals surface area contributed by atoms with E-state index in [0.717, 1.165) is 5.01 Å². The van der Waals surface area contributed by atoms with Gasteiger partial charge in [0.15, 0.2) is 0 Å². The fourth-order valence-corrected chi connectivity index (χ4v) is 3.30. The van der Waals surface area contributed by atoms with Crippen LogP contribution in [0.4, 0.5) is 0 Å². The van der Waals surface area contributed by atoms with Crippen LogP contribution in [0.1, 0.15) is 56.8 Å². The summed E-state index contributed by atoms with van der Waals surface area (Å²) in [7, 11) is 0. The highest BCUT2D eigenvalue weighted by Gasteiger charge is 2.31.